The summed E-state index contributed by atoms with van der Waals surface area (Å²) in [7, 11) is 0. The molecule has 0 bridgehead atoms. The number of nitrogens with zero attached hydrogens (tertiary/aromatic N) is 2. The summed E-state index contributed by atoms with van der Waals surface area (Å²) in [6.07, 6.45) is 3.67. The molecule has 3 heteroatoms. The predicted molar refractivity (Wildman–Crippen MR) is 80.0 cm³/mol. The minimum absolute atomic E-state index is 0.0873. The maximum absolute atomic E-state index is 5.88. The fourth-order valence-corrected chi connectivity index (χ4v) is 2.08. The van der Waals surface area contributed by atoms with Gasteiger partial charge in [0.1, 0.15) is 0 Å². The normalized spacial score (nSPS) is 12.2. The zero-order valence-electron chi connectivity index (χ0n) is 11.6. The lowest BCUT2D eigenvalue weighted by Gasteiger charge is -2.23. The van der Waals surface area contributed by atoms with E-state index in [4.69, 9.17) is 5.73 Å². The number of hydrogen-bond acceptors (Lipinski definition) is 3. The Kier molecular flexibility index (Phi) is 4.53. The van der Waals surface area contributed by atoms with E-state index < -0.39 is 0 Å². The van der Waals surface area contributed by atoms with Gasteiger partial charge in [-0.25, -0.2) is 0 Å². The Labute approximate surface area is 115 Å². The highest BCUT2D eigenvalue weighted by Crippen LogP contribution is 2.19. The summed E-state index contributed by atoms with van der Waals surface area (Å²) in [5.41, 5.74) is 9.54. The first kappa shape index (κ1) is 13.6. The topological polar surface area (TPSA) is 42.2 Å². The third kappa shape index (κ3) is 3.55. The zero-order valence-corrected chi connectivity index (χ0v) is 11.6. The molecule has 1 heterocycles. The third-order valence-corrected chi connectivity index (χ3v) is 3.29. The molecule has 100 valence electrons. The summed E-state index contributed by atoms with van der Waals surface area (Å²) in [6, 6.07) is 12.7. The molecule has 2 rings (SSSR count). The van der Waals surface area contributed by atoms with Crippen LogP contribution in [0.1, 0.15) is 31.0 Å². The Hall–Kier alpha value is -1.87. The van der Waals surface area contributed by atoms with Gasteiger partial charge in [-0.2, -0.15) is 0 Å². The van der Waals surface area contributed by atoms with Gasteiger partial charge >= 0.3 is 0 Å². The molecular formula is C16H21N3. The van der Waals surface area contributed by atoms with Crippen LogP contribution in [0.25, 0.3) is 0 Å². The smallest absolute Gasteiger partial charge is 0.0430 e. The molecule has 0 fully saturated rings. The van der Waals surface area contributed by atoms with E-state index in [2.05, 4.69) is 53.2 Å². The Morgan fingerprint density at radius 2 is 1.74 bits per heavy atom. The minimum atomic E-state index is 0.0873. The second-order valence-electron chi connectivity index (χ2n) is 4.75. The van der Waals surface area contributed by atoms with Crippen LogP contribution in [-0.2, 0) is 6.54 Å². The van der Waals surface area contributed by atoms with Gasteiger partial charge in [0.05, 0.1) is 0 Å². The Bertz CT molecular complexity index is 491. The van der Waals surface area contributed by atoms with Gasteiger partial charge in [-0.05, 0) is 49.2 Å². The second-order valence-corrected chi connectivity index (χ2v) is 4.75. The van der Waals surface area contributed by atoms with E-state index in [-0.39, 0.29) is 6.04 Å². The zero-order chi connectivity index (χ0) is 13.7. The van der Waals surface area contributed by atoms with Crippen LogP contribution in [-0.4, -0.2) is 11.5 Å². The lowest BCUT2D eigenvalue weighted by molar-refractivity contribution is 0.810. The van der Waals surface area contributed by atoms with E-state index in [1.807, 2.05) is 19.3 Å². The van der Waals surface area contributed by atoms with Gasteiger partial charge in [0.25, 0.3) is 0 Å². The molecule has 0 spiro atoms. The predicted octanol–water partition coefficient (Wildman–Crippen LogP) is 3.13. The van der Waals surface area contributed by atoms with Crippen LogP contribution in [0.3, 0.4) is 0 Å². The van der Waals surface area contributed by atoms with Crippen molar-refractivity contribution in [2.75, 3.05) is 11.4 Å². The minimum Gasteiger partial charge on any atom is -0.367 e. The van der Waals surface area contributed by atoms with Crippen LogP contribution < -0.4 is 10.6 Å². The number of anilines is 1. The van der Waals surface area contributed by atoms with E-state index in [1.54, 1.807) is 0 Å². The second kappa shape index (κ2) is 6.34. The van der Waals surface area contributed by atoms with Crippen molar-refractivity contribution in [1.82, 2.24) is 4.98 Å². The summed E-state index contributed by atoms with van der Waals surface area (Å²) >= 11 is 0. The van der Waals surface area contributed by atoms with E-state index in [0.29, 0.717) is 0 Å². The highest BCUT2D eigenvalue weighted by atomic mass is 15.1. The van der Waals surface area contributed by atoms with Gasteiger partial charge < -0.3 is 10.6 Å². The number of rotatable bonds is 5. The van der Waals surface area contributed by atoms with Crippen LogP contribution in [0.15, 0.2) is 48.8 Å². The van der Waals surface area contributed by atoms with Gasteiger partial charge in [0.15, 0.2) is 0 Å². The molecule has 0 radical (unpaired) electrons. The number of aromatic nitrogens is 1. The van der Waals surface area contributed by atoms with E-state index >= 15 is 0 Å². The number of hydrogen-bond donors (Lipinski definition) is 1. The molecule has 0 unspecified atom stereocenters. The van der Waals surface area contributed by atoms with E-state index in [9.17, 15) is 0 Å². The molecule has 2 aromatic rings. The highest BCUT2D eigenvalue weighted by molar-refractivity contribution is 5.48. The highest BCUT2D eigenvalue weighted by Gasteiger charge is 2.06. The molecule has 3 nitrogen and oxygen atoms in total. The van der Waals surface area contributed by atoms with Crippen LogP contribution in [0.2, 0.25) is 0 Å². The van der Waals surface area contributed by atoms with Crippen LogP contribution >= 0.6 is 0 Å². The quantitative estimate of drug-likeness (QED) is 0.892. The van der Waals surface area contributed by atoms with Crippen molar-refractivity contribution in [1.29, 1.82) is 0 Å². The number of pyridine rings is 1. The standard InChI is InChI=1S/C16H21N3/c1-3-19(12-14-8-10-18-11-9-14)16-6-4-15(5-7-16)13(2)17/h4-11,13H,3,12,17H2,1-2H3/t13-/m0/s1. The van der Waals surface area contributed by atoms with Gasteiger partial charge in [0.2, 0.25) is 0 Å². The fourth-order valence-electron chi connectivity index (χ4n) is 2.08. The van der Waals surface area contributed by atoms with Crippen molar-refractivity contribution in [3.05, 3.63) is 59.9 Å². The van der Waals surface area contributed by atoms with Crippen LogP contribution in [0.4, 0.5) is 5.69 Å². The van der Waals surface area contributed by atoms with E-state index in [1.165, 1.54) is 16.8 Å². The van der Waals surface area contributed by atoms with Crippen molar-refractivity contribution in [2.24, 2.45) is 5.73 Å². The molecule has 0 amide bonds. The average Bonchev–Trinajstić information content (AvgIpc) is 2.46. The number of benzene rings is 1. The van der Waals surface area contributed by atoms with Crippen LogP contribution in [0, 0.1) is 0 Å². The summed E-state index contributed by atoms with van der Waals surface area (Å²) < 4.78 is 0. The van der Waals surface area contributed by atoms with Crippen molar-refractivity contribution >= 4 is 5.69 Å². The van der Waals surface area contributed by atoms with Crippen molar-refractivity contribution in [2.45, 2.75) is 26.4 Å². The summed E-state index contributed by atoms with van der Waals surface area (Å²) in [5, 5.41) is 0. The molecule has 0 aliphatic rings. The van der Waals surface area contributed by atoms with Gasteiger partial charge in [0, 0.05) is 37.2 Å². The fraction of sp³-hybridized carbons (Fsp3) is 0.312. The first-order chi connectivity index (χ1) is 9.20. The lowest BCUT2D eigenvalue weighted by atomic mass is 10.1. The molecule has 0 aliphatic heterocycles. The summed E-state index contributed by atoms with van der Waals surface area (Å²) in [6.45, 7) is 6.04. The molecular weight excluding hydrogens is 234 g/mol. The first-order valence-corrected chi connectivity index (χ1v) is 6.70. The SMILES string of the molecule is CCN(Cc1ccncc1)c1ccc([C@H](C)N)cc1. The van der Waals surface area contributed by atoms with Gasteiger partial charge in [-0.1, -0.05) is 12.1 Å². The molecule has 1 aromatic carbocycles. The van der Waals surface area contributed by atoms with Crippen molar-refractivity contribution in [3.63, 3.8) is 0 Å². The molecule has 1 aromatic heterocycles. The molecule has 0 saturated heterocycles. The first-order valence-electron chi connectivity index (χ1n) is 6.70. The van der Waals surface area contributed by atoms with Crippen LogP contribution in [0.5, 0.6) is 0 Å². The van der Waals surface area contributed by atoms with Gasteiger partial charge in [-0.3, -0.25) is 4.98 Å². The Morgan fingerprint density at radius 1 is 1.11 bits per heavy atom. The summed E-state index contributed by atoms with van der Waals surface area (Å²) in [4.78, 5) is 6.38. The van der Waals surface area contributed by atoms with Crippen molar-refractivity contribution < 1.29 is 0 Å². The molecule has 0 saturated carbocycles. The Balaban J connectivity index is 2.13. The molecule has 19 heavy (non-hydrogen) atoms. The van der Waals surface area contributed by atoms with Crippen molar-refractivity contribution in [3.8, 4) is 0 Å². The molecule has 2 N–H and O–H groups in total. The molecule has 0 aliphatic carbocycles. The van der Waals surface area contributed by atoms with E-state index in [0.717, 1.165) is 13.1 Å². The van der Waals surface area contributed by atoms with Gasteiger partial charge in [-0.15, -0.1) is 0 Å². The Morgan fingerprint density at radius 3 is 2.26 bits per heavy atom. The third-order valence-electron chi connectivity index (χ3n) is 3.29. The lowest BCUT2D eigenvalue weighted by Crippen LogP contribution is -2.22. The monoisotopic (exact) mass is 255 g/mol. The maximum Gasteiger partial charge on any atom is 0.0430 e. The number of nitrogens with two attached hydrogens (primary N) is 1. The largest absolute Gasteiger partial charge is 0.367 e. The average molecular weight is 255 g/mol. The maximum atomic E-state index is 5.88. The summed E-state index contributed by atoms with van der Waals surface area (Å²) in [5.74, 6) is 0. The molecule has 1 atom stereocenters.